The SMILES string of the molecule is CCCCCCC/C=C/c1cc(-c2ccn(C)c2)ccc1C(=O)CCCC(=O)OC. The Balaban J connectivity index is 2.11. The fourth-order valence-corrected chi connectivity index (χ4v) is 3.51. The molecule has 1 aromatic heterocycles. The molecule has 0 N–H and O–H groups in total. The van der Waals surface area contributed by atoms with Crippen LogP contribution in [0, 0.1) is 0 Å². The molecule has 0 spiro atoms. The molecule has 4 heteroatoms. The molecule has 0 aliphatic carbocycles. The molecule has 0 saturated heterocycles. The molecule has 1 aromatic carbocycles. The number of rotatable bonds is 13. The van der Waals surface area contributed by atoms with Gasteiger partial charge in [0.05, 0.1) is 7.11 Å². The standard InChI is InChI=1S/C26H35NO3/c1-4-5-6-7-8-9-10-12-22-19-21(23-17-18-27(2)20-23)15-16-24(22)25(28)13-11-14-26(29)30-3/h10,12,15-20H,4-9,11,13-14H2,1-3H3/b12-10+. The number of aryl methyl sites for hydroxylation is 1. The van der Waals surface area contributed by atoms with Crippen LogP contribution in [0.3, 0.4) is 0 Å². The van der Waals surface area contributed by atoms with Gasteiger partial charge in [-0.3, -0.25) is 9.59 Å². The number of unbranched alkanes of at least 4 members (excludes halogenated alkanes) is 5. The number of ether oxygens (including phenoxy) is 1. The van der Waals surface area contributed by atoms with Gasteiger partial charge in [0, 0.05) is 37.8 Å². The lowest BCUT2D eigenvalue weighted by Crippen LogP contribution is -2.05. The van der Waals surface area contributed by atoms with E-state index in [1.165, 1.54) is 39.2 Å². The maximum Gasteiger partial charge on any atom is 0.305 e. The summed E-state index contributed by atoms with van der Waals surface area (Å²) in [5.74, 6) is -0.202. The average Bonchev–Trinajstić information content (AvgIpc) is 3.19. The third kappa shape index (κ3) is 7.66. The molecule has 0 aliphatic rings. The number of nitrogens with zero attached hydrogens (tertiary/aromatic N) is 1. The minimum absolute atomic E-state index is 0.0705. The first-order valence-corrected chi connectivity index (χ1v) is 11.1. The van der Waals surface area contributed by atoms with Crippen molar-refractivity contribution in [3.63, 3.8) is 0 Å². The highest BCUT2D eigenvalue weighted by molar-refractivity contribution is 6.00. The van der Waals surface area contributed by atoms with Crippen LogP contribution in [0.15, 0.2) is 42.7 Å². The van der Waals surface area contributed by atoms with Crippen LogP contribution in [-0.2, 0) is 16.6 Å². The average molecular weight is 410 g/mol. The summed E-state index contributed by atoms with van der Waals surface area (Å²) in [5, 5.41) is 0. The van der Waals surface area contributed by atoms with Crippen LogP contribution in [0.5, 0.6) is 0 Å². The fraction of sp³-hybridized carbons (Fsp3) is 0.462. The van der Waals surface area contributed by atoms with Gasteiger partial charge in [-0.05, 0) is 48.1 Å². The van der Waals surface area contributed by atoms with Crippen LogP contribution in [0.4, 0.5) is 0 Å². The Morgan fingerprint density at radius 3 is 2.50 bits per heavy atom. The van der Waals surface area contributed by atoms with Gasteiger partial charge < -0.3 is 9.30 Å². The van der Waals surface area contributed by atoms with Gasteiger partial charge >= 0.3 is 5.97 Å². The quantitative estimate of drug-likeness (QED) is 0.213. The van der Waals surface area contributed by atoms with Crippen LogP contribution in [0.1, 0.15) is 80.6 Å². The maximum atomic E-state index is 12.8. The summed E-state index contributed by atoms with van der Waals surface area (Å²) in [7, 11) is 3.37. The Labute approximate surface area is 180 Å². The normalized spacial score (nSPS) is 11.2. The molecule has 2 rings (SSSR count). The molecule has 0 saturated carbocycles. The number of carbonyl (C=O) groups excluding carboxylic acids is 2. The van der Waals surface area contributed by atoms with Gasteiger partial charge in [-0.25, -0.2) is 0 Å². The zero-order chi connectivity index (χ0) is 21.8. The summed E-state index contributed by atoms with van der Waals surface area (Å²) in [4.78, 5) is 24.1. The van der Waals surface area contributed by atoms with Gasteiger partial charge in [-0.2, -0.15) is 0 Å². The lowest BCUT2D eigenvalue weighted by Gasteiger charge is -2.08. The van der Waals surface area contributed by atoms with Gasteiger partial charge in [0.25, 0.3) is 0 Å². The molecule has 162 valence electrons. The van der Waals surface area contributed by atoms with Crippen molar-refractivity contribution in [3.05, 3.63) is 53.9 Å². The summed E-state index contributed by atoms with van der Waals surface area (Å²) in [6.45, 7) is 2.23. The topological polar surface area (TPSA) is 48.3 Å². The zero-order valence-electron chi connectivity index (χ0n) is 18.7. The Morgan fingerprint density at radius 1 is 1.00 bits per heavy atom. The molecule has 0 fully saturated rings. The molecule has 30 heavy (non-hydrogen) atoms. The molecule has 0 aliphatic heterocycles. The van der Waals surface area contributed by atoms with Crippen molar-refractivity contribution in [1.29, 1.82) is 0 Å². The second kappa shape index (κ2) is 12.8. The predicted molar refractivity (Wildman–Crippen MR) is 123 cm³/mol. The van der Waals surface area contributed by atoms with E-state index in [1.54, 1.807) is 0 Å². The van der Waals surface area contributed by atoms with Gasteiger partial charge in [-0.15, -0.1) is 0 Å². The number of aromatic nitrogens is 1. The maximum absolute atomic E-state index is 12.8. The zero-order valence-corrected chi connectivity index (χ0v) is 18.7. The van der Waals surface area contributed by atoms with Gasteiger partial charge in [0.1, 0.15) is 0 Å². The van der Waals surface area contributed by atoms with Crippen LogP contribution in [-0.4, -0.2) is 23.4 Å². The highest BCUT2D eigenvalue weighted by Gasteiger charge is 2.13. The Morgan fingerprint density at radius 2 is 1.80 bits per heavy atom. The van der Waals surface area contributed by atoms with Crippen molar-refractivity contribution < 1.29 is 14.3 Å². The first kappa shape index (κ1) is 23.7. The summed E-state index contributed by atoms with van der Waals surface area (Å²) >= 11 is 0. The summed E-state index contributed by atoms with van der Waals surface area (Å²) in [6, 6.07) is 8.10. The molecule has 0 bridgehead atoms. The molecule has 2 aromatic rings. The Kier molecular flexibility index (Phi) is 10.1. The first-order valence-electron chi connectivity index (χ1n) is 11.1. The highest BCUT2D eigenvalue weighted by Crippen LogP contribution is 2.25. The highest BCUT2D eigenvalue weighted by atomic mass is 16.5. The molecular formula is C26H35NO3. The number of carbonyl (C=O) groups is 2. The molecular weight excluding hydrogens is 374 g/mol. The van der Waals surface area contributed by atoms with Crippen molar-refractivity contribution in [2.45, 2.75) is 64.7 Å². The predicted octanol–water partition coefficient (Wildman–Crippen LogP) is 6.59. The second-order valence-electron chi connectivity index (χ2n) is 7.83. The van der Waals surface area contributed by atoms with E-state index >= 15 is 0 Å². The largest absolute Gasteiger partial charge is 0.469 e. The van der Waals surface area contributed by atoms with Gasteiger partial charge in [0.2, 0.25) is 0 Å². The molecule has 0 unspecified atom stereocenters. The second-order valence-corrected chi connectivity index (χ2v) is 7.83. The molecule has 1 heterocycles. The number of benzene rings is 1. The van der Waals surface area contributed by atoms with Crippen LogP contribution in [0.25, 0.3) is 17.2 Å². The van der Waals surface area contributed by atoms with Crippen molar-refractivity contribution >= 4 is 17.8 Å². The van der Waals surface area contributed by atoms with E-state index in [9.17, 15) is 9.59 Å². The number of methoxy groups -OCH3 is 1. The van der Waals surface area contributed by atoms with E-state index in [4.69, 9.17) is 0 Å². The van der Waals surface area contributed by atoms with E-state index in [2.05, 4.69) is 42.1 Å². The molecule has 0 atom stereocenters. The first-order chi connectivity index (χ1) is 14.5. The van der Waals surface area contributed by atoms with Crippen molar-refractivity contribution in [2.24, 2.45) is 7.05 Å². The Bertz CT molecular complexity index is 848. The van der Waals surface area contributed by atoms with Crippen molar-refractivity contribution in [1.82, 2.24) is 4.57 Å². The van der Waals surface area contributed by atoms with Crippen LogP contribution < -0.4 is 0 Å². The van der Waals surface area contributed by atoms with E-state index in [-0.39, 0.29) is 18.2 Å². The minimum Gasteiger partial charge on any atom is -0.469 e. The number of hydrogen-bond acceptors (Lipinski definition) is 3. The third-order valence-electron chi connectivity index (χ3n) is 5.30. The van der Waals surface area contributed by atoms with Gasteiger partial charge in [-0.1, -0.05) is 56.9 Å². The summed E-state index contributed by atoms with van der Waals surface area (Å²) in [5.41, 5.74) is 3.91. The third-order valence-corrected chi connectivity index (χ3v) is 5.30. The minimum atomic E-state index is -0.273. The summed E-state index contributed by atoms with van der Waals surface area (Å²) in [6.07, 6.45) is 16.8. The number of ketones is 1. The summed E-state index contributed by atoms with van der Waals surface area (Å²) < 4.78 is 6.69. The smallest absolute Gasteiger partial charge is 0.305 e. The van der Waals surface area contributed by atoms with Gasteiger partial charge in [0.15, 0.2) is 5.78 Å². The van der Waals surface area contributed by atoms with E-state index in [0.717, 1.165) is 28.7 Å². The van der Waals surface area contributed by atoms with E-state index in [0.29, 0.717) is 12.8 Å². The lowest BCUT2D eigenvalue weighted by atomic mass is 9.95. The number of esters is 1. The monoisotopic (exact) mass is 409 g/mol. The molecule has 0 radical (unpaired) electrons. The molecule has 4 nitrogen and oxygen atoms in total. The molecule has 0 amide bonds. The van der Waals surface area contributed by atoms with Crippen molar-refractivity contribution in [3.8, 4) is 11.1 Å². The fourth-order valence-electron chi connectivity index (χ4n) is 3.51. The lowest BCUT2D eigenvalue weighted by molar-refractivity contribution is -0.140. The number of allylic oxidation sites excluding steroid dienone is 1. The van der Waals surface area contributed by atoms with E-state index < -0.39 is 0 Å². The van der Waals surface area contributed by atoms with Crippen LogP contribution in [0.2, 0.25) is 0 Å². The van der Waals surface area contributed by atoms with E-state index in [1.807, 2.05) is 29.9 Å². The van der Waals surface area contributed by atoms with Crippen molar-refractivity contribution in [2.75, 3.05) is 7.11 Å². The Hall–Kier alpha value is -2.62. The van der Waals surface area contributed by atoms with Crippen LogP contribution >= 0.6 is 0 Å². The number of Topliss-reactive ketones (excluding diaryl/α,β-unsaturated/α-hetero) is 1. The number of hydrogen-bond donors (Lipinski definition) is 0.